The van der Waals surface area contributed by atoms with Gasteiger partial charge in [-0.15, -0.1) is 6.42 Å². The highest BCUT2D eigenvalue weighted by Gasteiger charge is 2.00. The van der Waals surface area contributed by atoms with Crippen LogP contribution in [0.25, 0.3) is 0 Å². The first-order valence-corrected chi connectivity index (χ1v) is 2.61. The average molecular weight is 132 g/mol. The Hall–Kier alpha value is -1.69. The van der Waals surface area contributed by atoms with Crippen LogP contribution in [0.3, 0.4) is 0 Å². The van der Waals surface area contributed by atoms with E-state index in [0.717, 1.165) is 0 Å². The summed E-state index contributed by atoms with van der Waals surface area (Å²) in [6.07, 6.45) is 9.07. The Labute approximate surface area is 58.1 Å². The molecule has 0 radical (unpaired) electrons. The molecule has 0 unspecified atom stereocenters. The molecule has 0 N–H and O–H groups in total. The van der Waals surface area contributed by atoms with Crippen LogP contribution in [0.1, 0.15) is 10.5 Å². The van der Waals surface area contributed by atoms with E-state index >= 15 is 0 Å². The largest absolute Gasteiger partial charge is 0.277 e. The fourth-order valence-corrected chi connectivity index (χ4v) is 0.490. The Balaban J connectivity index is 2.99. The molecule has 1 aromatic heterocycles. The molecule has 0 saturated heterocycles. The molecule has 3 heteroatoms. The predicted octanol–water partition coefficient (Wildman–Crippen LogP) is 0.292. The molecule has 1 aromatic rings. The van der Waals surface area contributed by atoms with Gasteiger partial charge in [-0.05, 0) is 5.92 Å². The molecule has 0 aliphatic carbocycles. The van der Waals surface area contributed by atoms with Crippen LogP contribution in [0.4, 0.5) is 0 Å². The number of carbonyl (C=O) groups is 1. The predicted molar refractivity (Wildman–Crippen MR) is 35.2 cm³/mol. The maximum absolute atomic E-state index is 10.7. The maximum Gasteiger partial charge on any atom is 0.255 e. The summed E-state index contributed by atoms with van der Waals surface area (Å²) < 4.78 is 0. The lowest BCUT2D eigenvalue weighted by Crippen LogP contribution is -1.97. The number of nitrogens with zero attached hydrogens (tertiary/aromatic N) is 2. The summed E-state index contributed by atoms with van der Waals surface area (Å²) >= 11 is 0. The second-order valence-electron chi connectivity index (χ2n) is 1.56. The Morgan fingerprint density at radius 3 is 2.90 bits per heavy atom. The van der Waals surface area contributed by atoms with Gasteiger partial charge in [-0.3, -0.25) is 9.78 Å². The molecule has 1 rings (SSSR count). The maximum atomic E-state index is 10.7. The Kier molecular flexibility index (Phi) is 1.76. The minimum absolute atomic E-state index is 0.213. The lowest BCUT2D eigenvalue weighted by atomic mass is 10.3. The van der Waals surface area contributed by atoms with E-state index in [2.05, 4.69) is 9.97 Å². The van der Waals surface area contributed by atoms with Gasteiger partial charge in [-0.25, -0.2) is 4.98 Å². The van der Waals surface area contributed by atoms with E-state index in [0.29, 0.717) is 0 Å². The third-order valence-corrected chi connectivity index (χ3v) is 0.927. The zero-order valence-corrected chi connectivity index (χ0v) is 5.11. The smallest absolute Gasteiger partial charge is 0.255 e. The van der Waals surface area contributed by atoms with E-state index in [4.69, 9.17) is 6.42 Å². The molecule has 48 valence electrons. The van der Waals surface area contributed by atoms with E-state index in [-0.39, 0.29) is 5.69 Å². The fourth-order valence-electron chi connectivity index (χ4n) is 0.490. The van der Waals surface area contributed by atoms with Gasteiger partial charge in [0.2, 0.25) is 0 Å². The van der Waals surface area contributed by atoms with Crippen molar-refractivity contribution in [1.29, 1.82) is 0 Å². The molecule has 0 aliphatic heterocycles. The topological polar surface area (TPSA) is 42.9 Å². The summed E-state index contributed by atoms with van der Waals surface area (Å²) in [5, 5.41) is 0. The number of carbonyl (C=O) groups excluding carboxylic acids is 1. The van der Waals surface area contributed by atoms with Crippen LogP contribution < -0.4 is 0 Å². The first kappa shape index (κ1) is 6.43. The standard InChI is InChI=1S/C7H4N2O/c1-2-7(10)6-5-8-3-4-9-6/h1,3-5H. The number of ketones is 1. The Morgan fingerprint density at radius 1 is 1.60 bits per heavy atom. The van der Waals surface area contributed by atoms with Gasteiger partial charge in [0.15, 0.2) is 0 Å². The van der Waals surface area contributed by atoms with Crippen molar-refractivity contribution < 1.29 is 4.79 Å². The van der Waals surface area contributed by atoms with Crippen LogP contribution in [0.2, 0.25) is 0 Å². The first-order valence-electron chi connectivity index (χ1n) is 2.61. The highest BCUT2D eigenvalue weighted by atomic mass is 16.1. The molecule has 0 atom stereocenters. The lowest BCUT2D eigenvalue weighted by molar-refractivity contribution is 0.105. The van der Waals surface area contributed by atoms with E-state index in [1.54, 1.807) is 0 Å². The van der Waals surface area contributed by atoms with Gasteiger partial charge in [0.25, 0.3) is 5.78 Å². The molecule has 0 aromatic carbocycles. The first-order chi connectivity index (χ1) is 4.84. The van der Waals surface area contributed by atoms with Gasteiger partial charge < -0.3 is 0 Å². The van der Waals surface area contributed by atoms with Gasteiger partial charge in [0.1, 0.15) is 5.69 Å². The third-order valence-electron chi connectivity index (χ3n) is 0.927. The molecule has 0 aliphatic rings. The van der Waals surface area contributed by atoms with Crippen LogP contribution in [0.15, 0.2) is 18.6 Å². The Bertz CT molecular complexity index is 273. The van der Waals surface area contributed by atoms with E-state index in [1.807, 2.05) is 5.92 Å². The summed E-state index contributed by atoms with van der Waals surface area (Å²) in [6.45, 7) is 0. The zero-order valence-electron chi connectivity index (χ0n) is 5.11. The number of terminal acetylenes is 1. The summed E-state index contributed by atoms with van der Waals surface area (Å²) in [7, 11) is 0. The molecule has 0 saturated carbocycles. The molecule has 1 heterocycles. The van der Waals surface area contributed by atoms with Gasteiger partial charge in [-0.1, -0.05) is 0 Å². The van der Waals surface area contributed by atoms with Crippen molar-refractivity contribution in [2.45, 2.75) is 0 Å². The lowest BCUT2D eigenvalue weighted by Gasteiger charge is -1.87. The zero-order chi connectivity index (χ0) is 7.40. The number of rotatable bonds is 1. The van der Waals surface area contributed by atoms with Gasteiger partial charge in [-0.2, -0.15) is 0 Å². The van der Waals surface area contributed by atoms with Crippen LogP contribution in [0, 0.1) is 12.3 Å². The monoisotopic (exact) mass is 132 g/mol. The number of hydrogen-bond acceptors (Lipinski definition) is 3. The number of aromatic nitrogens is 2. The van der Waals surface area contributed by atoms with Crippen molar-refractivity contribution in [3.63, 3.8) is 0 Å². The third kappa shape index (κ3) is 1.17. The molecule has 10 heavy (non-hydrogen) atoms. The normalized spacial score (nSPS) is 8.30. The van der Waals surface area contributed by atoms with Crippen molar-refractivity contribution in [3.05, 3.63) is 24.3 Å². The van der Waals surface area contributed by atoms with Crippen molar-refractivity contribution in [1.82, 2.24) is 9.97 Å². The highest BCUT2D eigenvalue weighted by molar-refractivity contribution is 6.06. The number of hydrogen-bond donors (Lipinski definition) is 0. The fraction of sp³-hybridized carbons (Fsp3) is 0. The second kappa shape index (κ2) is 2.74. The SMILES string of the molecule is C#CC(=O)c1cnccn1. The van der Waals surface area contributed by atoms with E-state index in [9.17, 15) is 4.79 Å². The number of Topliss-reactive ketones (excluding diaryl/α,β-unsaturated/α-hetero) is 1. The van der Waals surface area contributed by atoms with Gasteiger partial charge in [0, 0.05) is 12.4 Å². The summed E-state index contributed by atoms with van der Waals surface area (Å²) in [5.41, 5.74) is 0.213. The van der Waals surface area contributed by atoms with Crippen LogP contribution in [0.5, 0.6) is 0 Å². The Morgan fingerprint density at radius 2 is 2.40 bits per heavy atom. The molecule has 0 bridgehead atoms. The summed E-state index contributed by atoms with van der Waals surface area (Å²) in [4.78, 5) is 18.0. The molecule has 0 amide bonds. The van der Waals surface area contributed by atoms with Crippen molar-refractivity contribution in [2.75, 3.05) is 0 Å². The summed E-state index contributed by atoms with van der Waals surface area (Å²) in [6, 6.07) is 0. The minimum atomic E-state index is -0.437. The molecule has 0 spiro atoms. The molecule has 0 fully saturated rings. The van der Waals surface area contributed by atoms with Crippen LogP contribution in [-0.4, -0.2) is 15.8 Å². The quantitative estimate of drug-likeness (QED) is 0.313. The molecular formula is C7H4N2O. The minimum Gasteiger partial charge on any atom is -0.277 e. The van der Waals surface area contributed by atoms with E-state index in [1.165, 1.54) is 18.6 Å². The van der Waals surface area contributed by atoms with Gasteiger partial charge >= 0.3 is 0 Å². The second-order valence-corrected chi connectivity index (χ2v) is 1.56. The van der Waals surface area contributed by atoms with E-state index < -0.39 is 5.78 Å². The van der Waals surface area contributed by atoms with Crippen molar-refractivity contribution in [2.24, 2.45) is 0 Å². The average Bonchev–Trinajstić information content (AvgIpc) is 2.05. The van der Waals surface area contributed by atoms with Gasteiger partial charge in [0.05, 0.1) is 6.20 Å². The highest BCUT2D eigenvalue weighted by Crippen LogP contribution is 1.89. The van der Waals surface area contributed by atoms with Crippen LogP contribution in [-0.2, 0) is 0 Å². The molecule has 3 nitrogen and oxygen atoms in total. The van der Waals surface area contributed by atoms with Crippen molar-refractivity contribution in [3.8, 4) is 12.3 Å². The van der Waals surface area contributed by atoms with Crippen molar-refractivity contribution >= 4 is 5.78 Å². The molecular weight excluding hydrogens is 128 g/mol. The summed E-state index contributed by atoms with van der Waals surface area (Å²) in [5.74, 6) is 1.50. The van der Waals surface area contributed by atoms with Crippen LogP contribution >= 0.6 is 0 Å².